The minimum absolute atomic E-state index is 0.0671. The van der Waals surface area contributed by atoms with Crippen LogP contribution >= 0.6 is 11.3 Å². The van der Waals surface area contributed by atoms with E-state index in [0.717, 1.165) is 16.3 Å². The molecular weight excluding hydrogens is 186 g/mol. The van der Waals surface area contributed by atoms with Crippen molar-refractivity contribution < 1.29 is 9.84 Å². The molecule has 13 heavy (non-hydrogen) atoms. The van der Waals surface area contributed by atoms with Crippen molar-refractivity contribution in [3.8, 4) is 0 Å². The molecule has 0 amide bonds. The van der Waals surface area contributed by atoms with Crippen LogP contribution in [0.4, 0.5) is 0 Å². The molecule has 74 valence electrons. The number of aliphatic hydroxyl groups is 1. The van der Waals surface area contributed by atoms with Gasteiger partial charge in [0.2, 0.25) is 0 Å². The molecule has 2 unspecified atom stereocenters. The highest BCUT2D eigenvalue weighted by Gasteiger charge is 2.14. The number of methoxy groups -OCH3 is 1. The Morgan fingerprint density at radius 2 is 2.38 bits per heavy atom. The smallest absolute Gasteiger partial charge is 0.122 e. The van der Waals surface area contributed by atoms with Gasteiger partial charge >= 0.3 is 0 Å². The Morgan fingerprint density at radius 1 is 1.69 bits per heavy atom. The number of rotatable bonds is 4. The number of thiazole rings is 1. The maximum absolute atomic E-state index is 9.29. The van der Waals surface area contributed by atoms with Gasteiger partial charge in [-0.05, 0) is 13.3 Å². The second-order valence-corrected chi connectivity index (χ2v) is 4.00. The van der Waals surface area contributed by atoms with Crippen molar-refractivity contribution in [2.75, 3.05) is 7.11 Å². The van der Waals surface area contributed by atoms with Gasteiger partial charge in [0.1, 0.15) is 11.1 Å². The van der Waals surface area contributed by atoms with Gasteiger partial charge in [-0.15, -0.1) is 11.3 Å². The lowest BCUT2D eigenvalue weighted by Gasteiger charge is -2.08. The van der Waals surface area contributed by atoms with Crippen LogP contribution in [0, 0.1) is 0 Å². The lowest BCUT2D eigenvalue weighted by molar-refractivity contribution is 0.0998. The Kier molecular flexibility index (Phi) is 3.84. The van der Waals surface area contributed by atoms with E-state index in [1.807, 2.05) is 0 Å². The molecule has 0 spiro atoms. The normalized spacial score (nSPS) is 15.7. The maximum atomic E-state index is 9.29. The van der Waals surface area contributed by atoms with Gasteiger partial charge in [-0.3, -0.25) is 0 Å². The molecule has 0 aliphatic heterocycles. The third-order valence-electron chi connectivity index (χ3n) is 1.88. The summed E-state index contributed by atoms with van der Waals surface area (Å²) in [5.41, 5.74) is 0. The predicted molar refractivity (Wildman–Crippen MR) is 52.8 cm³/mol. The molecule has 0 aromatic carbocycles. The Balaban J connectivity index is 2.78. The zero-order valence-electron chi connectivity index (χ0n) is 8.15. The van der Waals surface area contributed by atoms with Crippen molar-refractivity contribution >= 4 is 11.3 Å². The highest BCUT2D eigenvalue weighted by atomic mass is 32.1. The molecule has 1 aromatic rings. The second kappa shape index (κ2) is 4.69. The lowest BCUT2D eigenvalue weighted by atomic mass is 10.3. The van der Waals surface area contributed by atoms with Gasteiger partial charge in [0, 0.05) is 13.3 Å². The summed E-state index contributed by atoms with van der Waals surface area (Å²) in [4.78, 5) is 5.11. The van der Waals surface area contributed by atoms with Crippen LogP contribution in [-0.2, 0) is 4.74 Å². The molecule has 4 heteroatoms. The van der Waals surface area contributed by atoms with E-state index < -0.39 is 6.10 Å². The molecule has 1 rings (SSSR count). The van der Waals surface area contributed by atoms with Gasteiger partial charge in [0.25, 0.3) is 0 Å². The largest absolute Gasteiger partial charge is 0.388 e. The minimum Gasteiger partial charge on any atom is -0.388 e. The first kappa shape index (κ1) is 10.6. The van der Waals surface area contributed by atoms with Gasteiger partial charge in [-0.1, -0.05) is 6.92 Å². The fourth-order valence-corrected chi connectivity index (χ4v) is 2.10. The number of nitrogens with zero attached hydrogens (tertiary/aromatic N) is 1. The van der Waals surface area contributed by atoms with E-state index in [-0.39, 0.29) is 6.10 Å². The summed E-state index contributed by atoms with van der Waals surface area (Å²) in [6.07, 6.45) is 2.26. The van der Waals surface area contributed by atoms with E-state index in [0.29, 0.717) is 0 Å². The molecule has 0 saturated heterocycles. The number of aromatic nitrogens is 1. The van der Waals surface area contributed by atoms with E-state index >= 15 is 0 Å². The van der Waals surface area contributed by atoms with Crippen molar-refractivity contribution in [2.24, 2.45) is 0 Å². The molecule has 0 radical (unpaired) electrons. The third kappa shape index (κ3) is 2.49. The highest BCUT2D eigenvalue weighted by Crippen LogP contribution is 2.27. The Morgan fingerprint density at radius 3 is 2.77 bits per heavy atom. The van der Waals surface area contributed by atoms with Crippen LogP contribution in [0.1, 0.15) is 42.4 Å². The van der Waals surface area contributed by atoms with E-state index in [4.69, 9.17) is 4.74 Å². The predicted octanol–water partition coefficient (Wildman–Crippen LogP) is 2.29. The summed E-state index contributed by atoms with van der Waals surface area (Å²) in [5, 5.41) is 10.2. The van der Waals surface area contributed by atoms with Crippen molar-refractivity contribution in [3.05, 3.63) is 16.1 Å². The molecular formula is C9H15NO2S. The standard InChI is InChI=1S/C9H15NO2S/c1-4-7(12-3)9-10-5-8(13-9)6(2)11/h5-7,11H,4H2,1-3H3. The van der Waals surface area contributed by atoms with Crippen LogP contribution in [0.5, 0.6) is 0 Å². The monoisotopic (exact) mass is 201 g/mol. The number of hydrogen-bond acceptors (Lipinski definition) is 4. The molecule has 0 aliphatic carbocycles. The number of hydrogen-bond donors (Lipinski definition) is 1. The van der Waals surface area contributed by atoms with Crippen LogP contribution in [0.2, 0.25) is 0 Å². The third-order valence-corrected chi connectivity index (χ3v) is 3.14. The quantitative estimate of drug-likeness (QED) is 0.812. The Labute approximate surface area is 82.4 Å². The van der Waals surface area contributed by atoms with Gasteiger partial charge < -0.3 is 9.84 Å². The maximum Gasteiger partial charge on any atom is 0.122 e. The van der Waals surface area contributed by atoms with Crippen molar-refractivity contribution in [3.63, 3.8) is 0 Å². The fourth-order valence-electron chi connectivity index (χ4n) is 1.08. The summed E-state index contributed by atoms with van der Waals surface area (Å²) in [5.74, 6) is 0. The van der Waals surface area contributed by atoms with Crippen LogP contribution in [0.15, 0.2) is 6.20 Å². The van der Waals surface area contributed by atoms with Gasteiger partial charge in [-0.25, -0.2) is 4.98 Å². The molecule has 0 bridgehead atoms. The van der Waals surface area contributed by atoms with E-state index in [1.165, 1.54) is 11.3 Å². The van der Waals surface area contributed by atoms with Crippen LogP contribution in [0.3, 0.4) is 0 Å². The zero-order valence-corrected chi connectivity index (χ0v) is 8.97. The first-order valence-corrected chi connectivity index (χ1v) is 5.17. The molecule has 0 aliphatic rings. The van der Waals surface area contributed by atoms with Gasteiger partial charge in [-0.2, -0.15) is 0 Å². The zero-order chi connectivity index (χ0) is 9.84. The average Bonchev–Trinajstić information content (AvgIpc) is 2.56. The topological polar surface area (TPSA) is 42.4 Å². The lowest BCUT2D eigenvalue weighted by Crippen LogP contribution is -1.97. The van der Waals surface area contributed by atoms with Crippen molar-refractivity contribution in [1.82, 2.24) is 4.98 Å². The van der Waals surface area contributed by atoms with Crippen molar-refractivity contribution in [2.45, 2.75) is 32.5 Å². The number of aliphatic hydroxyl groups excluding tert-OH is 1. The second-order valence-electron chi connectivity index (χ2n) is 2.91. The first-order valence-electron chi connectivity index (χ1n) is 4.35. The summed E-state index contributed by atoms with van der Waals surface area (Å²) in [6, 6.07) is 0. The molecule has 1 heterocycles. The first-order chi connectivity index (χ1) is 6.19. The molecule has 2 atom stereocenters. The minimum atomic E-state index is -0.430. The summed E-state index contributed by atoms with van der Waals surface area (Å²) in [7, 11) is 1.68. The Bertz CT molecular complexity index is 256. The highest BCUT2D eigenvalue weighted by molar-refractivity contribution is 7.11. The van der Waals surface area contributed by atoms with Crippen LogP contribution in [0.25, 0.3) is 0 Å². The van der Waals surface area contributed by atoms with E-state index in [2.05, 4.69) is 11.9 Å². The van der Waals surface area contributed by atoms with Crippen LogP contribution in [-0.4, -0.2) is 17.2 Å². The van der Waals surface area contributed by atoms with Gasteiger partial charge in [0.05, 0.1) is 11.0 Å². The molecule has 3 nitrogen and oxygen atoms in total. The summed E-state index contributed by atoms with van der Waals surface area (Å²) >= 11 is 1.51. The SMILES string of the molecule is CCC(OC)c1ncc(C(C)O)s1. The fraction of sp³-hybridized carbons (Fsp3) is 0.667. The molecule has 1 aromatic heterocycles. The summed E-state index contributed by atoms with van der Waals surface area (Å²) in [6.45, 7) is 3.79. The van der Waals surface area contributed by atoms with E-state index in [1.54, 1.807) is 20.2 Å². The summed E-state index contributed by atoms with van der Waals surface area (Å²) < 4.78 is 5.24. The number of ether oxygens (including phenoxy) is 1. The van der Waals surface area contributed by atoms with E-state index in [9.17, 15) is 5.11 Å². The van der Waals surface area contributed by atoms with Gasteiger partial charge in [0.15, 0.2) is 0 Å². The molecule has 0 fully saturated rings. The molecule has 1 N–H and O–H groups in total. The van der Waals surface area contributed by atoms with Crippen LogP contribution < -0.4 is 0 Å². The Hall–Kier alpha value is -0.450. The molecule has 0 saturated carbocycles. The average molecular weight is 201 g/mol. The van der Waals surface area contributed by atoms with Crippen molar-refractivity contribution in [1.29, 1.82) is 0 Å².